The number of rotatable bonds is 6. The molecule has 0 aliphatic carbocycles. The highest BCUT2D eigenvalue weighted by atomic mass is 16.5. The van der Waals surface area contributed by atoms with Crippen molar-refractivity contribution in [3.63, 3.8) is 0 Å². The second-order valence-corrected chi connectivity index (χ2v) is 8.81. The predicted molar refractivity (Wildman–Crippen MR) is 125 cm³/mol. The average Bonchev–Trinajstić information content (AvgIpc) is 3.46. The van der Waals surface area contributed by atoms with Crippen molar-refractivity contribution in [3.8, 4) is 5.75 Å². The van der Waals surface area contributed by atoms with E-state index in [0.29, 0.717) is 18.2 Å². The van der Waals surface area contributed by atoms with Crippen LogP contribution in [0.2, 0.25) is 0 Å². The number of ether oxygens (including phenoxy) is 1. The number of benzene rings is 2. The maximum absolute atomic E-state index is 13.3. The number of fused-ring (bicyclic) bond motifs is 2. The van der Waals surface area contributed by atoms with E-state index in [2.05, 4.69) is 53.3 Å². The summed E-state index contributed by atoms with van der Waals surface area (Å²) in [5.74, 6) is 1.28. The van der Waals surface area contributed by atoms with Gasteiger partial charge in [-0.2, -0.15) is 5.10 Å². The maximum Gasteiger partial charge on any atom is 0.275 e. The Morgan fingerprint density at radius 2 is 1.94 bits per heavy atom. The summed E-state index contributed by atoms with van der Waals surface area (Å²) in [5, 5.41) is 8.47. The third-order valence-electron chi connectivity index (χ3n) is 6.56. The van der Waals surface area contributed by atoms with Gasteiger partial charge in [0.1, 0.15) is 5.75 Å². The molecule has 5 rings (SSSR count). The Kier molecular flexibility index (Phi) is 5.00. The Morgan fingerprint density at radius 1 is 1.16 bits per heavy atom. The number of aromatic nitrogens is 3. The van der Waals surface area contributed by atoms with Crippen molar-refractivity contribution in [3.05, 3.63) is 82.3 Å². The Balaban J connectivity index is 1.47. The van der Waals surface area contributed by atoms with E-state index < -0.39 is 0 Å². The number of nitrogens with one attached hydrogen (secondary N) is 2. The number of amides is 1. The molecule has 2 aromatic carbocycles. The minimum absolute atomic E-state index is 0.0142. The van der Waals surface area contributed by atoms with Crippen LogP contribution in [-0.2, 0) is 6.42 Å². The summed E-state index contributed by atoms with van der Waals surface area (Å²) in [7, 11) is 1.68. The summed E-state index contributed by atoms with van der Waals surface area (Å²) >= 11 is 0. The van der Waals surface area contributed by atoms with Crippen molar-refractivity contribution in [1.29, 1.82) is 0 Å². The summed E-state index contributed by atoms with van der Waals surface area (Å²) in [6.45, 7) is 6.98. The number of nitrogens with zero attached hydrogens (tertiary/aromatic N) is 2. The van der Waals surface area contributed by atoms with Gasteiger partial charge < -0.3 is 14.6 Å². The number of methoxy groups -OCH3 is 1. The molecule has 0 fully saturated rings. The smallest absolute Gasteiger partial charge is 0.275 e. The van der Waals surface area contributed by atoms with Gasteiger partial charge >= 0.3 is 0 Å². The van der Waals surface area contributed by atoms with Gasteiger partial charge in [0.15, 0.2) is 5.69 Å². The largest absolute Gasteiger partial charge is 0.497 e. The molecule has 4 aromatic rings. The fraction of sp³-hybridized carbons (Fsp3) is 0.308. The molecule has 2 N–H and O–H groups in total. The second kappa shape index (κ2) is 7.86. The van der Waals surface area contributed by atoms with E-state index in [1.165, 1.54) is 11.1 Å². The first kappa shape index (κ1) is 20.4. The van der Waals surface area contributed by atoms with Crippen molar-refractivity contribution in [2.24, 2.45) is 0 Å². The van der Waals surface area contributed by atoms with E-state index in [0.717, 1.165) is 39.9 Å². The van der Waals surface area contributed by atoms with Gasteiger partial charge in [0, 0.05) is 34.9 Å². The van der Waals surface area contributed by atoms with Crippen LogP contribution in [-0.4, -0.2) is 39.6 Å². The molecule has 6 nitrogen and oxygen atoms in total. The minimum atomic E-state index is -0.128. The molecule has 0 radical (unpaired) electrons. The SMILES string of the molecule is COc1ccc2[nH]cc(CCN3C(=O)c4n[nH]c(C)c4[C@@H]3c3ccc(C(C)C)cc3)c2c1. The summed E-state index contributed by atoms with van der Waals surface area (Å²) < 4.78 is 5.40. The zero-order valence-corrected chi connectivity index (χ0v) is 18.9. The lowest BCUT2D eigenvalue weighted by molar-refractivity contribution is 0.0745. The lowest BCUT2D eigenvalue weighted by Crippen LogP contribution is -2.31. The first-order valence-electron chi connectivity index (χ1n) is 11.1. The van der Waals surface area contributed by atoms with Gasteiger partial charge in [0.05, 0.1) is 13.2 Å². The third-order valence-corrected chi connectivity index (χ3v) is 6.56. The van der Waals surface area contributed by atoms with Crippen LogP contribution < -0.4 is 4.74 Å². The van der Waals surface area contributed by atoms with E-state index in [-0.39, 0.29) is 11.9 Å². The highest BCUT2D eigenvalue weighted by Gasteiger charge is 2.41. The number of carbonyl (C=O) groups is 1. The number of hydrogen-bond donors (Lipinski definition) is 2. The number of aryl methyl sites for hydroxylation is 1. The van der Waals surface area contributed by atoms with Crippen LogP contribution in [0.5, 0.6) is 5.75 Å². The van der Waals surface area contributed by atoms with Crippen molar-refractivity contribution in [1.82, 2.24) is 20.1 Å². The lowest BCUT2D eigenvalue weighted by Gasteiger charge is -2.26. The molecule has 0 bridgehead atoms. The maximum atomic E-state index is 13.3. The highest BCUT2D eigenvalue weighted by molar-refractivity contribution is 5.98. The molecule has 0 saturated heterocycles. The molecule has 0 spiro atoms. The van der Waals surface area contributed by atoms with Crippen molar-refractivity contribution in [2.45, 2.75) is 39.2 Å². The van der Waals surface area contributed by atoms with Crippen LogP contribution in [0.1, 0.15) is 64.2 Å². The van der Waals surface area contributed by atoms with Crippen LogP contribution in [0, 0.1) is 6.92 Å². The molecule has 0 unspecified atom stereocenters. The molecule has 1 aliphatic rings. The van der Waals surface area contributed by atoms with Crippen LogP contribution in [0.3, 0.4) is 0 Å². The molecule has 6 heteroatoms. The molecule has 3 heterocycles. The fourth-order valence-corrected chi connectivity index (χ4v) is 4.72. The zero-order valence-electron chi connectivity index (χ0n) is 18.9. The number of H-pyrrole nitrogens is 2. The number of hydrogen-bond acceptors (Lipinski definition) is 3. The normalized spacial score (nSPS) is 15.7. The molecule has 1 atom stereocenters. The first-order valence-corrected chi connectivity index (χ1v) is 11.1. The molecule has 1 aliphatic heterocycles. The van der Waals surface area contributed by atoms with Gasteiger partial charge in [-0.1, -0.05) is 38.1 Å². The lowest BCUT2D eigenvalue weighted by atomic mass is 9.95. The summed E-state index contributed by atoms with van der Waals surface area (Å²) in [5.41, 5.74) is 7.13. The van der Waals surface area contributed by atoms with Gasteiger partial charge in [0.2, 0.25) is 0 Å². The number of aromatic amines is 2. The van der Waals surface area contributed by atoms with Gasteiger partial charge in [-0.05, 0) is 54.2 Å². The summed E-state index contributed by atoms with van der Waals surface area (Å²) in [6.07, 6.45) is 2.77. The van der Waals surface area contributed by atoms with E-state index in [1.807, 2.05) is 36.2 Å². The van der Waals surface area contributed by atoms with Crippen LogP contribution in [0.4, 0.5) is 0 Å². The average molecular weight is 429 g/mol. The molecular weight excluding hydrogens is 400 g/mol. The van der Waals surface area contributed by atoms with E-state index >= 15 is 0 Å². The minimum Gasteiger partial charge on any atom is -0.497 e. The number of carbonyl (C=O) groups excluding carboxylic acids is 1. The van der Waals surface area contributed by atoms with E-state index in [4.69, 9.17) is 4.74 Å². The van der Waals surface area contributed by atoms with Crippen LogP contribution >= 0.6 is 0 Å². The predicted octanol–water partition coefficient (Wildman–Crippen LogP) is 5.12. The zero-order chi connectivity index (χ0) is 22.4. The molecular formula is C26H28N4O2. The second-order valence-electron chi connectivity index (χ2n) is 8.81. The van der Waals surface area contributed by atoms with Gasteiger partial charge in [-0.15, -0.1) is 0 Å². The Labute approximate surface area is 187 Å². The quantitative estimate of drug-likeness (QED) is 0.448. The van der Waals surface area contributed by atoms with Gasteiger partial charge in [0.25, 0.3) is 5.91 Å². The fourth-order valence-electron chi connectivity index (χ4n) is 4.72. The van der Waals surface area contributed by atoms with E-state index in [9.17, 15) is 4.79 Å². The van der Waals surface area contributed by atoms with Crippen LogP contribution in [0.25, 0.3) is 10.9 Å². The highest BCUT2D eigenvalue weighted by Crippen LogP contribution is 2.40. The molecule has 1 amide bonds. The topological polar surface area (TPSA) is 74.0 Å². The Bertz CT molecular complexity index is 1280. The van der Waals surface area contributed by atoms with Gasteiger partial charge in [-0.25, -0.2) is 0 Å². The van der Waals surface area contributed by atoms with Crippen molar-refractivity contribution in [2.75, 3.05) is 13.7 Å². The molecule has 164 valence electrons. The first-order chi connectivity index (χ1) is 15.5. The van der Waals surface area contributed by atoms with Gasteiger partial charge in [-0.3, -0.25) is 9.89 Å². The third kappa shape index (κ3) is 3.27. The Hall–Kier alpha value is -3.54. The molecule has 0 saturated carbocycles. The molecule has 2 aromatic heterocycles. The summed E-state index contributed by atoms with van der Waals surface area (Å²) in [6, 6.07) is 14.5. The Morgan fingerprint density at radius 3 is 2.66 bits per heavy atom. The van der Waals surface area contributed by atoms with Crippen LogP contribution in [0.15, 0.2) is 48.7 Å². The monoisotopic (exact) mass is 428 g/mol. The van der Waals surface area contributed by atoms with Crippen molar-refractivity contribution >= 4 is 16.8 Å². The molecule has 32 heavy (non-hydrogen) atoms. The van der Waals surface area contributed by atoms with E-state index in [1.54, 1.807) is 7.11 Å². The van der Waals surface area contributed by atoms with Crippen molar-refractivity contribution < 1.29 is 9.53 Å². The standard InChI is InChI=1S/C26H28N4O2/c1-15(2)17-5-7-18(8-6-17)25-23-16(3)28-29-24(23)26(31)30(25)12-11-19-14-27-22-10-9-20(32-4)13-21(19)22/h5-10,13-15,25,27H,11-12H2,1-4H3,(H,28,29)/t25-/m0/s1. The summed E-state index contributed by atoms with van der Waals surface area (Å²) in [4.78, 5) is 18.6.